The Labute approximate surface area is 176 Å². The molecule has 7 heteroatoms. The lowest BCUT2D eigenvalue weighted by Gasteiger charge is -2.47. The summed E-state index contributed by atoms with van der Waals surface area (Å²) in [5.74, 6) is 1.10. The van der Waals surface area contributed by atoms with Crippen molar-refractivity contribution in [2.75, 3.05) is 44.2 Å². The Balaban J connectivity index is 1.25. The van der Waals surface area contributed by atoms with Crippen molar-refractivity contribution in [1.82, 2.24) is 19.8 Å². The van der Waals surface area contributed by atoms with Crippen molar-refractivity contribution in [1.29, 1.82) is 0 Å². The molecule has 1 spiro atoms. The van der Waals surface area contributed by atoms with Gasteiger partial charge in [0.15, 0.2) is 0 Å². The summed E-state index contributed by atoms with van der Waals surface area (Å²) in [6, 6.07) is 4.90. The molecule has 2 aliphatic heterocycles. The third-order valence-electron chi connectivity index (χ3n) is 6.97. The quantitative estimate of drug-likeness (QED) is 0.724. The average molecular weight is 412 g/mol. The lowest BCUT2D eigenvalue weighted by atomic mass is 9.78. The molecule has 1 saturated carbocycles. The van der Waals surface area contributed by atoms with E-state index in [0.29, 0.717) is 11.5 Å². The molecule has 1 unspecified atom stereocenters. The highest BCUT2D eigenvalue weighted by Gasteiger charge is 2.49. The van der Waals surface area contributed by atoms with Crippen LogP contribution in [-0.4, -0.2) is 71.5 Å². The predicted octanol–water partition coefficient (Wildman–Crippen LogP) is 2.95. The fourth-order valence-corrected chi connectivity index (χ4v) is 6.51. The molecule has 2 aromatic heterocycles. The van der Waals surface area contributed by atoms with Gasteiger partial charge < -0.3 is 9.80 Å². The fraction of sp³-hybridized carbons (Fsp3) is 0.591. The number of aromatic nitrogens is 2. The molecule has 2 saturated heterocycles. The monoisotopic (exact) mass is 411 g/mol. The zero-order valence-electron chi connectivity index (χ0n) is 17.3. The molecule has 1 amide bonds. The van der Waals surface area contributed by atoms with Gasteiger partial charge in [0.2, 0.25) is 6.41 Å². The van der Waals surface area contributed by atoms with E-state index in [1.807, 2.05) is 17.2 Å². The summed E-state index contributed by atoms with van der Waals surface area (Å²) >= 11 is 1.76. The summed E-state index contributed by atoms with van der Waals surface area (Å²) < 4.78 is 0. The minimum atomic E-state index is 0.415. The van der Waals surface area contributed by atoms with Gasteiger partial charge in [0.1, 0.15) is 5.82 Å². The molecule has 1 aliphatic carbocycles. The zero-order chi connectivity index (χ0) is 20.0. The van der Waals surface area contributed by atoms with E-state index in [1.54, 1.807) is 11.3 Å². The van der Waals surface area contributed by atoms with Crippen LogP contribution < -0.4 is 4.90 Å². The molecule has 0 aromatic carbocycles. The molecular weight excluding hydrogens is 382 g/mol. The van der Waals surface area contributed by atoms with Gasteiger partial charge in [-0.05, 0) is 45.2 Å². The molecular formula is C22H29N5OS. The molecule has 0 radical (unpaired) electrons. The molecule has 4 heterocycles. The smallest absolute Gasteiger partial charge is 0.209 e. The molecule has 1 atom stereocenters. The molecule has 3 aliphatic rings. The zero-order valence-corrected chi connectivity index (χ0v) is 18.1. The van der Waals surface area contributed by atoms with Crippen molar-refractivity contribution in [2.24, 2.45) is 5.41 Å². The number of aryl methyl sites for hydroxylation is 2. The van der Waals surface area contributed by atoms with E-state index in [4.69, 9.17) is 4.98 Å². The van der Waals surface area contributed by atoms with Crippen LogP contribution in [0.2, 0.25) is 0 Å². The van der Waals surface area contributed by atoms with Gasteiger partial charge in [-0.25, -0.2) is 9.97 Å². The van der Waals surface area contributed by atoms with Crippen LogP contribution in [0.4, 0.5) is 5.82 Å². The Morgan fingerprint density at radius 1 is 1.21 bits per heavy atom. The SMILES string of the molecule is Cc1nc(C)c(-c2cccnc2N2CCN(C3CCC4(C3)CN(C=O)C4)CC2)s1. The normalized spacial score (nSPS) is 24.1. The lowest BCUT2D eigenvalue weighted by molar-refractivity contribution is -0.129. The minimum Gasteiger partial charge on any atom is -0.354 e. The van der Waals surface area contributed by atoms with Gasteiger partial charge in [0, 0.05) is 62.5 Å². The Hall–Kier alpha value is -1.99. The van der Waals surface area contributed by atoms with Gasteiger partial charge >= 0.3 is 0 Å². The second kappa shape index (κ2) is 7.36. The Bertz CT molecular complexity index is 898. The molecule has 0 bridgehead atoms. The maximum absolute atomic E-state index is 10.9. The number of carbonyl (C=O) groups excluding carboxylic acids is 1. The van der Waals surface area contributed by atoms with Gasteiger partial charge in [-0.15, -0.1) is 11.3 Å². The number of thiazole rings is 1. The van der Waals surface area contributed by atoms with Gasteiger partial charge in [0.05, 0.1) is 15.6 Å². The number of anilines is 1. The summed E-state index contributed by atoms with van der Waals surface area (Å²) in [6.07, 6.45) is 6.72. The molecule has 3 fully saturated rings. The maximum atomic E-state index is 10.9. The summed E-state index contributed by atoms with van der Waals surface area (Å²) in [7, 11) is 0. The molecule has 29 heavy (non-hydrogen) atoms. The van der Waals surface area contributed by atoms with E-state index in [-0.39, 0.29) is 0 Å². The predicted molar refractivity (Wildman–Crippen MR) is 116 cm³/mol. The third-order valence-corrected chi connectivity index (χ3v) is 8.07. The lowest BCUT2D eigenvalue weighted by Crippen LogP contribution is -2.55. The highest BCUT2D eigenvalue weighted by Crippen LogP contribution is 2.46. The Morgan fingerprint density at radius 3 is 2.69 bits per heavy atom. The van der Waals surface area contributed by atoms with Gasteiger partial charge in [-0.3, -0.25) is 9.69 Å². The number of carbonyl (C=O) groups is 1. The van der Waals surface area contributed by atoms with E-state index in [9.17, 15) is 4.79 Å². The summed E-state index contributed by atoms with van der Waals surface area (Å²) in [5, 5.41) is 1.11. The van der Waals surface area contributed by atoms with Crippen LogP contribution in [0, 0.1) is 19.3 Å². The van der Waals surface area contributed by atoms with E-state index in [0.717, 1.165) is 62.2 Å². The molecule has 0 N–H and O–H groups in total. The standard InChI is InChI=1S/C22H29N5OS/c1-16-20(29-17(2)24-16)19-4-3-7-23-21(19)27-10-8-26(9-11-27)18-5-6-22(12-18)13-25(14-22)15-28/h3-4,7,15,18H,5-6,8-14H2,1-2H3. The maximum Gasteiger partial charge on any atom is 0.209 e. The van der Waals surface area contributed by atoms with Gasteiger partial charge in [-0.2, -0.15) is 0 Å². The van der Waals surface area contributed by atoms with Crippen LogP contribution in [0.1, 0.15) is 30.0 Å². The molecule has 154 valence electrons. The number of hydrogen-bond donors (Lipinski definition) is 0. The second-order valence-corrected chi connectivity index (χ2v) is 10.2. The molecule has 2 aromatic rings. The van der Waals surface area contributed by atoms with E-state index in [2.05, 4.69) is 34.7 Å². The summed E-state index contributed by atoms with van der Waals surface area (Å²) in [6.45, 7) is 10.3. The fourth-order valence-electron chi connectivity index (χ4n) is 5.57. The third kappa shape index (κ3) is 3.44. The largest absolute Gasteiger partial charge is 0.354 e. The highest BCUT2D eigenvalue weighted by molar-refractivity contribution is 7.15. The minimum absolute atomic E-state index is 0.415. The van der Waals surface area contributed by atoms with Crippen molar-refractivity contribution < 1.29 is 4.79 Å². The first kappa shape index (κ1) is 19.0. The number of rotatable bonds is 4. The van der Waals surface area contributed by atoms with Gasteiger partial charge in [-0.1, -0.05) is 0 Å². The Kier molecular flexibility index (Phi) is 4.82. The number of piperazine rings is 1. The number of hydrogen-bond acceptors (Lipinski definition) is 6. The van der Waals surface area contributed by atoms with Crippen LogP contribution >= 0.6 is 11.3 Å². The second-order valence-electron chi connectivity index (χ2n) is 8.95. The molecule has 6 nitrogen and oxygen atoms in total. The highest BCUT2D eigenvalue weighted by atomic mass is 32.1. The van der Waals surface area contributed by atoms with E-state index < -0.39 is 0 Å². The van der Waals surface area contributed by atoms with Gasteiger partial charge in [0.25, 0.3) is 0 Å². The first-order chi connectivity index (χ1) is 14.1. The summed E-state index contributed by atoms with van der Waals surface area (Å²) in [5.41, 5.74) is 2.73. The first-order valence-corrected chi connectivity index (χ1v) is 11.5. The van der Waals surface area contributed by atoms with Crippen LogP contribution in [0.15, 0.2) is 18.3 Å². The van der Waals surface area contributed by atoms with Crippen LogP contribution in [0.3, 0.4) is 0 Å². The summed E-state index contributed by atoms with van der Waals surface area (Å²) in [4.78, 5) is 28.6. The number of pyridine rings is 1. The van der Waals surface area contributed by atoms with Crippen molar-refractivity contribution >= 4 is 23.6 Å². The van der Waals surface area contributed by atoms with Crippen molar-refractivity contribution in [3.63, 3.8) is 0 Å². The van der Waals surface area contributed by atoms with Crippen LogP contribution in [-0.2, 0) is 4.79 Å². The Morgan fingerprint density at radius 2 is 2.00 bits per heavy atom. The van der Waals surface area contributed by atoms with Crippen molar-refractivity contribution in [2.45, 2.75) is 39.2 Å². The number of amides is 1. The number of likely N-dealkylation sites (tertiary alicyclic amines) is 1. The molecule has 5 rings (SSSR count). The van der Waals surface area contributed by atoms with Crippen molar-refractivity contribution in [3.8, 4) is 10.4 Å². The van der Waals surface area contributed by atoms with Crippen LogP contribution in [0.25, 0.3) is 10.4 Å². The number of nitrogens with zero attached hydrogens (tertiary/aromatic N) is 5. The van der Waals surface area contributed by atoms with Crippen LogP contribution in [0.5, 0.6) is 0 Å². The van der Waals surface area contributed by atoms with E-state index >= 15 is 0 Å². The average Bonchev–Trinajstić information content (AvgIpc) is 3.30. The topological polar surface area (TPSA) is 52.6 Å². The van der Waals surface area contributed by atoms with E-state index in [1.165, 1.54) is 29.7 Å². The first-order valence-electron chi connectivity index (χ1n) is 10.6. The van der Waals surface area contributed by atoms with Crippen molar-refractivity contribution in [3.05, 3.63) is 29.0 Å².